The molecule has 0 saturated heterocycles. The molecule has 1 unspecified atom stereocenters. The maximum Gasteiger partial charge on any atom is 0.205 e. The van der Waals surface area contributed by atoms with Crippen LogP contribution in [0.3, 0.4) is 0 Å². The number of phenols is 3. The van der Waals surface area contributed by atoms with E-state index in [1.807, 2.05) is 0 Å². The van der Waals surface area contributed by atoms with Crippen LogP contribution in [0.15, 0.2) is 75.9 Å². The second-order valence-corrected chi connectivity index (χ2v) is 9.88. The SMILES string of the molecule is COc1ccc(-c2oc3cc(OC)cc(O)c3c(=O)c2-c2c(OC)cc3c(c2O)C(=O)CC(c2ccc(O)cc2)O3)cc1. The summed E-state index contributed by atoms with van der Waals surface area (Å²) in [5, 5.41) is 32.0. The van der Waals surface area contributed by atoms with Crippen molar-refractivity contribution in [3.8, 4) is 62.7 Å². The number of hydrogen-bond donors (Lipinski definition) is 3. The van der Waals surface area contributed by atoms with Crippen LogP contribution in [0.2, 0.25) is 0 Å². The first-order valence-corrected chi connectivity index (χ1v) is 13.2. The van der Waals surface area contributed by atoms with Crippen LogP contribution < -0.4 is 24.4 Å². The van der Waals surface area contributed by atoms with E-state index in [0.717, 1.165) is 0 Å². The zero-order valence-electron chi connectivity index (χ0n) is 23.3. The molecule has 0 fully saturated rings. The van der Waals surface area contributed by atoms with Crippen LogP contribution in [-0.4, -0.2) is 42.4 Å². The van der Waals surface area contributed by atoms with Gasteiger partial charge in [0, 0.05) is 23.8 Å². The van der Waals surface area contributed by atoms with E-state index in [0.29, 0.717) is 16.9 Å². The molecule has 10 nitrogen and oxygen atoms in total. The third-order valence-electron chi connectivity index (χ3n) is 7.42. The Morgan fingerprint density at radius 3 is 2.12 bits per heavy atom. The van der Waals surface area contributed by atoms with Crippen molar-refractivity contribution in [3.63, 3.8) is 0 Å². The third-order valence-corrected chi connectivity index (χ3v) is 7.42. The van der Waals surface area contributed by atoms with E-state index < -0.39 is 28.8 Å². The molecule has 3 N–H and O–H groups in total. The van der Waals surface area contributed by atoms with Crippen LogP contribution in [0.25, 0.3) is 33.4 Å². The Morgan fingerprint density at radius 2 is 1.47 bits per heavy atom. The minimum absolute atomic E-state index is 0.0322. The van der Waals surface area contributed by atoms with Gasteiger partial charge in [-0.25, -0.2) is 0 Å². The van der Waals surface area contributed by atoms with Gasteiger partial charge in [0.15, 0.2) is 5.78 Å². The monoisotopic (exact) mass is 582 g/mol. The van der Waals surface area contributed by atoms with Gasteiger partial charge >= 0.3 is 0 Å². The smallest absolute Gasteiger partial charge is 0.205 e. The zero-order chi connectivity index (χ0) is 30.4. The van der Waals surface area contributed by atoms with E-state index in [9.17, 15) is 24.9 Å². The lowest BCUT2D eigenvalue weighted by atomic mass is 9.90. The Hall–Kier alpha value is -5.64. The molecule has 1 aliphatic heterocycles. The summed E-state index contributed by atoms with van der Waals surface area (Å²) in [5.41, 5.74) is 0.121. The topological polar surface area (TPSA) is 145 Å². The van der Waals surface area contributed by atoms with Crippen LogP contribution in [-0.2, 0) is 0 Å². The van der Waals surface area contributed by atoms with E-state index in [4.69, 9.17) is 23.4 Å². The van der Waals surface area contributed by atoms with Gasteiger partial charge in [0.2, 0.25) is 5.43 Å². The van der Waals surface area contributed by atoms with Crippen LogP contribution in [0.5, 0.6) is 40.2 Å². The van der Waals surface area contributed by atoms with E-state index in [2.05, 4.69) is 0 Å². The van der Waals surface area contributed by atoms with E-state index in [1.165, 1.54) is 51.7 Å². The molecule has 0 saturated carbocycles. The number of Topliss-reactive ketones (excluding diaryl/α,β-unsaturated/α-hetero) is 1. The fraction of sp³-hybridized carbons (Fsp3) is 0.152. The molecule has 2 heterocycles. The van der Waals surface area contributed by atoms with Gasteiger partial charge in [0.05, 0.1) is 38.9 Å². The number of methoxy groups -OCH3 is 3. The van der Waals surface area contributed by atoms with Gasteiger partial charge in [0.25, 0.3) is 0 Å². The Kier molecular flexibility index (Phi) is 6.81. The highest BCUT2D eigenvalue weighted by Crippen LogP contribution is 2.50. The largest absolute Gasteiger partial charge is 0.508 e. The molecular weight excluding hydrogens is 556 g/mol. The summed E-state index contributed by atoms with van der Waals surface area (Å²) in [6, 6.07) is 17.2. The van der Waals surface area contributed by atoms with Gasteiger partial charge in [-0.05, 0) is 42.0 Å². The summed E-state index contributed by atoms with van der Waals surface area (Å²) in [6.07, 6.45) is -0.780. The van der Waals surface area contributed by atoms with Crippen molar-refractivity contribution >= 4 is 16.8 Å². The third kappa shape index (κ3) is 4.62. The van der Waals surface area contributed by atoms with Crippen molar-refractivity contribution in [2.45, 2.75) is 12.5 Å². The van der Waals surface area contributed by atoms with E-state index in [1.54, 1.807) is 36.4 Å². The van der Waals surface area contributed by atoms with Gasteiger partial charge in [0.1, 0.15) is 68.6 Å². The summed E-state index contributed by atoms with van der Waals surface area (Å²) in [5.74, 6) is -0.301. The number of benzene rings is 4. The molecule has 0 amide bonds. The first-order valence-electron chi connectivity index (χ1n) is 13.2. The Bertz CT molecular complexity index is 1940. The van der Waals surface area contributed by atoms with E-state index >= 15 is 0 Å². The summed E-state index contributed by atoms with van der Waals surface area (Å²) >= 11 is 0. The molecule has 4 aromatic carbocycles. The lowest BCUT2D eigenvalue weighted by Crippen LogP contribution is -2.21. The highest BCUT2D eigenvalue weighted by molar-refractivity contribution is 6.07. The minimum Gasteiger partial charge on any atom is -0.508 e. The first-order chi connectivity index (χ1) is 20.7. The Labute approximate surface area is 244 Å². The Balaban J connectivity index is 1.62. The number of phenolic OH excluding ortho intramolecular Hbond substituents is 3. The molecule has 1 atom stereocenters. The molecule has 6 rings (SSSR count). The number of hydrogen-bond acceptors (Lipinski definition) is 10. The number of ether oxygens (including phenoxy) is 4. The predicted octanol–water partition coefficient (Wildman–Crippen LogP) is 5.98. The van der Waals surface area contributed by atoms with Crippen molar-refractivity contribution in [1.29, 1.82) is 0 Å². The normalized spacial score (nSPS) is 14.2. The second kappa shape index (κ2) is 10.6. The number of aromatic hydroxyl groups is 3. The van der Waals surface area contributed by atoms with Crippen molar-refractivity contribution in [2.24, 2.45) is 0 Å². The predicted molar refractivity (Wildman–Crippen MR) is 157 cm³/mol. The minimum atomic E-state index is -0.678. The highest BCUT2D eigenvalue weighted by Gasteiger charge is 2.35. The summed E-state index contributed by atoms with van der Waals surface area (Å²) in [6.45, 7) is 0. The van der Waals surface area contributed by atoms with Gasteiger partial charge in [-0.3, -0.25) is 9.59 Å². The second-order valence-electron chi connectivity index (χ2n) is 9.88. The highest BCUT2D eigenvalue weighted by atomic mass is 16.5. The van der Waals surface area contributed by atoms with Gasteiger partial charge in [-0.15, -0.1) is 0 Å². The molecule has 0 spiro atoms. The van der Waals surface area contributed by atoms with E-state index in [-0.39, 0.29) is 62.8 Å². The van der Waals surface area contributed by atoms with Crippen molar-refractivity contribution in [3.05, 3.63) is 88.1 Å². The van der Waals surface area contributed by atoms with Crippen LogP contribution in [0.4, 0.5) is 0 Å². The summed E-state index contributed by atoms with van der Waals surface area (Å²) < 4.78 is 28.5. The molecule has 0 radical (unpaired) electrons. The van der Waals surface area contributed by atoms with Gasteiger partial charge in [-0.1, -0.05) is 12.1 Å². The van der Waals surface area contributed by atoms with Gasteiger partial charge in [-0.2, -0.15) is 0 Å². The number of carbonyl (C=O) groups is 1. The average molecular weight is 583 g/mol. The van der Waals surface area contributed by atoms with Crippen LogP contribution >= 0.6 is 0 Å². The lowest BCUT2D eigenvalue weighted by Gasteiger charge is -2.28. The van der Waals surface area contributed by atoms with Crippen LogP contribution in [0, 0.1) is 0 Å². The standard InChI is InChI=1S/C33H26O10/c1-39-19-10-6-17(7-11-19)33-30(32(38)27-21(35)12-20(40-2)13-25(27)43-33)29-24(41-3)15-26-28(31(29)37)22(36)14-23(42-26)16-4-8-18(34)9-5-16/h4-13,15,23,34-35,37H,14H2,1-3H3. The fourth-order valence-electron chi connectivity index (χ4n) is 5.29. The maximum atomic E-state index is 14.2. The molecule has 218 valence electrons. The fourth-order valence-corrected chi connectivity index (χ4v) is 5.29. The number of fused-ring (bicyclic) bond motifs is 2. The summed E-state index contributed by atoms with van der Waals surface area (Å²) in [7, 11) is 4.29. The Morgan fingerprint density at radius 1 is 0.767 bits per heavy atom. The molecule has 0 aliphatic carbocycles. The molecule has 0 bridgehead atoms. The molecule has 43 heavy (non-hydrogen) atoms. The molecule has 1 aliphatic rings. The molecule has 5 aromatic rings. The lowest BCUT2D eigenvalue weighted by molar-refractivity contribution is 0.0845. The number of rotatable bonds is 6. The van der Waals surface area contributed by atoms with Crippen LogP contribution in [0.1, 0.15) is 28.4 Å². The quantitative estimate of drug-likeness (QED) is 0.219. The molecular formula is C33H26O10. The summed E-state index contributed by atoms with van der Waals surface area (Å²) in [4.78, 5) is 27.7. The number of ketones is 1. The van der Waals surface area contributed by atoms with Crippen molar-refractivity contribution in [2.75, 3.05) is 21.3 Å². The zero-order valence-corrected chi connectivity index (χ0v) is 23.3. The van der Waals surface area contributed by atoms with Crippen molar-refractivity contribution < 1.29 is 43.5 Å². The number of carbonyl (C=O) groups excluding carboxylic acids is 1. The average Bonchev–Trinajstić information content (AvgIpc) is 3.01. The van der Waals surface area contributed by atoms with Gasteiger partial charge < -0.3 is 38.7 Å². The maximum absolute atomic E-state index is 14.2. The molecule has 1 aromatic heterocycles. The van der Waals surface area contributed by atoms with Crippen molar-refractivity contribution in [1.82, 2.24) is 0 Å². The molecule has 10 heteroatoms. The first kappa shape index (κ1) is 27.5.